The molecule has 1 aliphatic rings. The Kier molecular flexibility index (Phi) is 2.98. The molecule has 1 aromatic carbocycles. The van der Waals surface area contributed by atoms with E-state index in [9.17, 15) is 9.59 Å². The maximum atomic E-state index is 12.0. The first-order chi connectivity index (χ1) is 8.04. The molecule has 1 atom stereocenters. The molecule has 0 aliphatic carbocycles. The lowest BCUT2D eigenvalue weighted by Gasteiger charge is -2.24. The number of amides is 2. The summed E-state index contributed by atoms with van der Waals surface area (Å²) in [5.74, 6) is -0.392. The van der Waals surface area contributed by atoms with Crippen molar-refractivity contribution in [1.82, 2.24) is 4.90 Å². The Labute approximate surface area is 100 Å². The van der Waals surface area contributed by atoms with Gasteiger partial charge >= 0.3 is 0 Å². The highest BCUT2D eigenvalue weighted by Gasteiger charge is 2.28. The molecular formula is C13H16N2O2. The summed E-state index contributed by atoms with van der Waals surface area (Å²) >= 11 is 0. The molecule has 0 aromatic heterocycles. The van der Waals surface area contributed by atoms with Crippen molar-refractivity contribution in [2.24, 2.45) is 5.73 Å². The Balaban J connectivity index is 2.45. The highest BCUT2D eigenvalue weighted by molar-refractivity contribution is 6.09. The van der Waals surface area contributed by atoms with Gasteiger partial charge in [-0.1, -0.05) is 19.1 Å². The largest absolute Gasteiger partial charge is 0.324 e. The van der Waals surface area contributed by atoms with Crippen molar-refractivity contribution in [3.8, 4) is 0 Å². The number of nitrogens with zero attached hydrogens (tertiary/aromatic N) is 1. The van der Waals surface area contributed by atoms with E-state index < -0.39 is 0 Å². The maximum absolute atomic E-state index is 12.0. The average molecular weight is 232 g/mol. The monoisotopic (exact) mass is 232 g/mol. The molecule has 2 rings (SSSR count). The summed E-state index contributed by atoms with van der Waals surface area (Å²) in [4.78, 5) is 24.6. The summed E-state index contributed by atoms with van der Waals surface area (Å²) in [7, 11) is 1.51. The van der Waals surface area contributed by atoms with Gasteiger partial charge in [-0.3, -0.25) is 14.5 Å². The van der Waals surface area contributed by atoms with Crippen LogP contribution in [0.2, 0.25) is 0 Å². The van der Waals surface area contributed by atoms with E-state index in [2.05, 4.69) is 0 Å². The number of imide groups is 1. The van der Waals surface area contributed by atoms with Crippen LogP contribution < -0.4 is 5.73 Å². The van der Waals surface area contributed by atoms with Crippen LogP contribution in [0.15, 0.2) is 18.2 Å². The average Bonchev–Trinajstić information content (AvgIpc) is 2.35. The van der Waals surface area contributed by atoms with Crippen LogP contribution in [0.25, 0.3) is 0 Å². The predicted molar refractivity (Wildman–Crippen MR) is 64.5 cm³/mol. The molecule has 90 valence electrons. The van der Waals surface area contributed by atoms with Crippen LogP contribution in [0, 0.1) is 0 Å². The molecule has 0 saturated heterocycles. The van der Waals surface area contributed by atoms with Crippen LogP contribution in [-0.4, -0.2) is 23.8 Å². The number of hydrogen-bond acceptors (Lipinski definition) is 3. The van der Waals surface area contributed by atoms with Gasteiger partial charge in [0, 0.05) is 18.7 Å². The van der Waals surface area contributed by atoms with Gasteiger partial charge in [0.25, 0.3) is 5.91 Å². The van der Waals surface area contributed by atoms with Crippen molar-refractivity contribution in [3.63, 3.8) is 0 Å². The zero-order valence-corrected chi connectivity index (χ0v) is 10.1. The standard InChI is InChI=1S/C13H16N2O2/c1-3-11(14)9-5-4-8-7-12(16)15(2)13(17)10(8)6-9/h4-6,11H,3,7,14H2,1-2H3/t11-/m1/s1. The van der Waals surface area contributed by atoms with Crippen LogP contribution in [0.5, 0.6) is 0 Å². The summed E-state index contributed by atoms with van der Waals surface area (Å²) in [6.45, 7) is 2.00. The van der Waals surface area contributed by atoms with Crippen LogP contribution in [0.1, 0.15) is 40.9 Å². The van der Waals surface area contributed by atoms with Gasteiger partial charge in [-0.05, 0) is 23.6 Å². The second-order valence-corrected chi connectivity index (χ2v) is 4.37. The van der Waals surface area contributed by atoms with Gasteiger partial charge in [-0.15, -0.1) is 0 Å². The zero-order valence-electron chi connectivity index (χ0n) is 10.1. The summed E-state index contributed by atoms with van der Waals surface area (Å²) in [5, 5.41) is 0. The molecule has 1 heterocycles. The van der Waals surface area contributed by atoms with Crippen molar-refractivity contribution in [1.29, 1.82) is 0 Å². The topological polar surface area (TPSA) is 63.4 Å². The van der Waals surface area contributed by atoms with Gasteiger partial charge < -0.3 is 5.73 Å². The van der Waals surface area contributed by atoms with E-state index in [4.69, 9.17) is 5.73 Å². The second-order valence-electron chi connectivity index (χ2n) is 4.37. The van der Waals surface area contributed by atoms with Crippen molar-refractivity contribution in [2.45, 2.75) is 25.8 Å². The third-order valence-electron chi connectivity index (χ3n) is 3.25. The second kappa shape index (κ2) is 4.30. The molecule has 0 saturated carbocycles. The third-order valence-corrected chi connectivity index (χ3v) is 3.25. The molecule has 0 fully saturated rings. The Bertz CT molecular complexity index is 482. The molecule has 4 nitrogen and oxygen atoms in total. The van der Waals surface area contributed by atoms with Gasteiger partial charge in [0.05, 0.1) is 6.42 Å². The fraction of sp³-hybridized carbons (Fsp3) is 0.385. The molecule has 0 spiro atoms. The molecule has 0 unspecified atom stereocenters. The van der Waals surface area contributed by atoms with Gasteiger partial charge in [-0.2, -0.15) is 0 Å². The fourth-order valence-electron chi connectivity index (χ4n) is 1.99. The fourth-order valence-corrected chi connectivity index (χ4v) is 1.99. The maximum Gasteiger partial charge on any atom is 0.260 e. The minimum absolute atomic E-state index is 0.0592. The smallest absolute Gasteiger partial charge is 0.260 e. The summed E-state index contributed by atoms with van der Waals surface area (Å²) in [6.07, 6.45) is 1.11. The Morgan fingerprint density at radius 1 is 1.41 bits per heavy atom. The van der Waals surface area contributed by atoms with Gasteiger partial charge in [0.15, 0.2) is 0 Å². The first kappa shape index (κ1) is 11.8. The Hall–Kier alpha value is -1.68. The van der Waals surface area contributed by atoms with Crippen LogP contribution in [-0.2, 0) is 11.2 Å². The minimum Gasteiger partial charge on any atom is -0.324 e. The van der Waals surface area contributed by atoms with E-state index in [0.29, 0.717) is 12.0 Å². The quantitative estimate of drug-likeness (QED) is 0.780. The molecule has 17 heavy (non-hydrogen) atoms. The SMILES string of the molecule is CC[C@@H](N)c1ccc2c(c1)C(=O)N(C)C(=O)C2. The normalized spacial score (nSPS) is 17.0. The van der Waals surface area contributed by atoms with E-state index in [0.717, 1.165) is 17.5 Å². The molecule has 2 N–H and O–H groups in total. The molecule has 0 bridgehead atoms. The molecule has 1 aliphatic heterocycles. The first-order valence-corrected chi connectivity index (χ1v) is 5.74. The third kappa shape index (κ3) is 1.96. The number of hydrogen-bond donors (Lipinski definition) is 1. The molecule has 4 heteroatoms. The van der Waals surface area contributed by atoms with E-state index in [1.54, 1.807) is 0 Å². The molecular weight excluding hydrogens is 216 g/mol. The van der Waals surface area contributed by atoms with E-state index in [1.165, 1.54) is 11.9 Å². The Morgan fingerprint density at radius 3 is 2.76 bits per heavy atom. The number of rotatable bonds is 2. The van der Waals surface area contributed by atoms with Gasteiger partial charge in [0.2, 0.25) is 5.91 Å². The number of benzene rings is 1. The van der Waals surface area contributed by atoms with Gasteiger partial charge in [-0.25, -0.2) is 0 Å². The van der Waals surface area contributed by atoms with Crippen LogP contribution >= 0.6 is 0 Å². The van der Waals surface area contributed by atoms with Crippen LogP contribution in [0.3, 0.4) is 0 Å². The van der Waals surface area contributed by atoms with Crippen LogP contribution in [0.4, 0.5) is 0 Å². The lowest BCUT2D eigenvalue weighted by atomic mass is 9.94. The van der Waals surface area contributed by atoms with Gasteiger partial charge in [0.1, 0.15) is 0 Å². The lowest BCUT2D eigenvalue weighted by molar-refractivity contribution is -0.127. The summed E-state index contributed by atoms with van der Waals surface area (Å²) in [5.41, 5.74) is 8.29. The predicted octanol–water partition coefficient (Wildman–Crippen LogP) is 1.25. The van der Waals surface area contributed by atoms with E-state index in [1.807, 2.05) is 25.1 Å². The summed E-state index contributed by atoms with van der Waals surface area (Å²) < 4.78 is 0. The number of nitrogens with two attached hydrogens (primary N) is 1. The van der Waals surface area contributed by atoms with E-state index >= 15 is 0 Å². The number of likely N-dealkylation sites (N-methyl/N-ethyl adjacent to an activating group) is 1. The number of fused-ring (bicyclic) bond motifs is 1. The number of carbonyl (C=O) groups excluding carboxylic acids is 2. The highest BCUT2D eigenvalue weighted by Crippen LogP contribution is 2.23. The van der Waals surface area contributed by atoms with E-state index in [-0.39, 0.29) is 17.9 Å². The highest BCUT2D eigenvalue weighted by atomic mass is 16.2. The zero-order chi connectivity index (χ0) is 12.6. The van der Waals surface area contributed by atoms with Crippen molar-refractivity contribution in [3.05, 3.63) is 34.9 Å². The van der Waals surface area contributed by atoms with Crippen molar-refractivity contribution >= 4 is 11.8 Å². The molecule has 2 amide bonds. The number of carbonyl (C=O) groups is 2. The lowest BCUT2D eigenvalue weighted by Crippen LogP contribution is -2.39. The van der Waals surface area contributed by atoms with Crippen molar-refractivity contribution < 1.29 is 9.59 Å². The minimum atomic E-state index is -0.235. The van der Waals surface area contributed by atoms with Crippen molar-refractivity contribution in [2.75, 3.05) is 7.05 Å². The Morgan fingerprint density at radius 2 is 2.12 bits per heavy atom. The first-order valence-electron chi connectivity index (χ1n) is 5.74. The molecule has 1 aromatic rings. The summed E-state index contributed by atoms with van der Waals surface area (Å²) in [6, 6.07) is 5.49. The molecule has 0 radical (unpaired) electrons.